The highest BCUT2D eigenvalue weighted by molar-refractivity contribution is 7.91. The monoisotopic (exact) mass is 334 g/mol. The van der Waals surface area contributed by atoms with Crippen LogP contribution in [0.4, 0.5) is 5.69 Å². The third-order valence-corrected chi connectivity index (χ3v) is 4.65. The number of hydrogen-bond acceptors (Lipinski definition) is 5. The molecule has 0 radical (unpaired) electrons. The number of rotatable bonds is 4. The fourth-order valence-electron chi connectivity index (χ4n) is 1.69. The Balaban J connectivity index is 2.24. The zero-order valence-electron chi connectivity index (χ0n) is 11.4. The third kappa shape index (κ3) is 3.80. The Morgan fingerprint density at radius 2 is 1.55 bits per heavy atom. The minimum absolute atomic E-state index is 0.0544. The molecular weight excluding hydrogens is 320 g/mol. The molecule has 6 nitrogen and oxygen atoms in total. The fourth-order valence-corrected chi connectivity index (χ4v) is 3.00. The highest BCUT2D eigenvalue weighted by Crippen LogP contribution is 2.21. The number of nitrogens with one attached hydrogen (secondary N) is 1. The number of benzene rings is 2. The molecule has 0 amide bonds. The van der Waals surface area contributed by atoms with Crippen molar-refractivity contribution >= 4 is 39.1 Å². The molecule has 0 unspecified atom stereocenters. The summed E-state index contributed by atoms with van der Waals surface area (Å²) in [4.78, 5) is 0.384. The quantitative estimate of drug-likeness (QED) is 0.336. The molecule has 2 rings (SSSR count). The molecule has 0 aliphatic heterocycles. The lowest BCUT2D eigenvalue weighted by Crippen LogP contribution is -2.23. The topological polar surface area (TPSA) is 111 Å². The van der Waals surface area contributed by atoms with Crippen LogP contribution in [0.15, 0.2) is 63.4 Å². The maximum Gasteiger partial charge on any atom is 0.206 e. The van der Waals surface area contributed by atoms with E-state index in [2.05, 4.69) is 22.7 Å². The molecule has 0 heterocycles. The number of nitrogens with zero attached hydrogens (tertiary/aromatic N) is 1. The van der Waals surface area contributed by atoms with Crippen molar-refractivity contribution in [1.82, 2.24) is 5.43 Å². The standard InChI is InChI=1S/C14H14N4O2S2/c15-11-3-7-13(8-4-11)22(19,20)12-5-1-10(2-6-12)9-17-18-14(16)21/h1-9H,15H2,(H3,16,18,21)/b17-9+. The Bertz CT molecular complexity index is 798. The van der Waals surface area contributed by atoms with Gasteiger partial charge in [0, 0.05) is 5.69 Å². The number of hydrogen-bond donors (Lipinski definition) is 3. The highest BCUT2D eigenvalue weighted by Gasteiger charge is 2.16. The Hall–Kier alpha value is -2.45. The first-order chi connectivity index (χ1) is 10.4. The summed E-state index contributed by atoms with van der Waals surface area (Å²) in [6.07, 6.45) is 1.48. The summed E-state index contributed by atoms with van der Waals surface area (Å²) >= 11 is 4.61. The van der Waals surface area contributed by atoms with Crippen LogP contribution in [0.3, 0.4) is 0 Å². The molecule has 114 valence electrons. The van der Waals surface area contributed by atoms with E-state index in [0.29, 0.717) is 11.3 Å². The zero-order chi connectivity index (χ0) is 16.2. The molecule has 0 bridgehead atoms. The van der Waals surface area contributed by atoms with Crippen molar-refractivity contribution in [3.8, 4) is 0 Å². The molecule has 22 heavy (non-hydrogen) atoms. The smallest absolute Gasteiger partial charge is 0.206 e. The van der Waals surface area contributed by atoms with Crippen LogP contribution < -0.4 is 16.9 Å². The van der Waals surface area contributed by atoms with E-state index in [1.54, 1.807) is 24.3 Å². The molecule has 0 spiro atoms. The van der Waals surface area contributed by atoms with Gasteiger partial charge in [-0.2, -0.15) is 5.10 Å². The summed E-state index contributed by atoms with van der Waals surface area (Å²) in [5.74, 6) is 0. The minimum Gasteiger partial charge on any atom is -0.399 e. The van der Waals surface area contributed by atoms with Gasteiger partial charge in [-0.25, -0.2) is 8.42 Å². The highest BCUT2D eigenvalue weighted by atomic mass is 32.2. The molecule has 0 saturated carbocycles. The molecule has 0 aliphatic carbocycles. The van der Waals surface area contributed by atoms with E-state index in [1.807, 2.05) is 0 Å². The number of nitrogens with two attached hydrogens (primary N) is 2. The van der Waals surface area contributed by atoms with E-state index >= 15 is 0 Å². The molecule has 2 aromatic rings. The lowest BCUT2D eigenvalue weighted by atomic mass is 10.2. The van der Waals surface area contributed by atoms with Crippen LogP contribution in [-0.4, -0.2) is 19.7 Å². The molecule has 0 aliphatic rings. The number of anilines is 1. The molecule has 8 heteroatoms. The van der Waals surface area contributed by atoms with Gasteiger partial charge in [-0.3, -0.25) is 5.43 Å². The van der Waals surface area contributed by atoms with E-state index in [1.165, 1.54) is 30.5 Å². The number of hydrazone groups is 1. The maximum atomic E-state index is 12.4. The first-order valence-electron chi connectivity index (χ1n) is 6.19. The first-order valence-corrected chi connectivity index (χ1v) is 8.08. The largest absolute Gasteiger partial charge is 0.399 e. The summed E-state index contributed by atoms with van der Waals surface area (Å²) in [6.45, 7) is 0. The van der Waals surface area contributed by atoms with Crippen molar-refractivity contribution in [3.63, 3.8) is 0 Å². The molecular formula is C14H14N4O2S2. The van der Waals surface area contributed by atoms with Gasteiger partial charge in [0.1, 0.15) is 0 Å². The van der Waals surface area contributed by atoms with Gasteiger partial charge in [-0.15, -0.1) is 0 Å². The fraction of sp³-hybridized carbons (Fsp3) is 0. The van der Waals surface area contributed by atoms with E-state index in [0.717, 1.165) is 0 Å². The van der Waals surface area contributed by atoms with Gasteiger partial charge in [0.2, 0.25) is 9.84 Å². The lowest BCUT2D eigenvalue weighted by molar-refractivity contribution is 0.596. The molecule has 0 atom stereocenters. The van der Waals surface area contributed by atoms with Gasteiger partial charge in [-0.1, -0.05) is 12.1 Å². The predicted molar refractivity (Wildman–Crippen MR) is 90.3 cm³/mol. The molecule has 0 saturated heterocycles. The van der Waals surface area contributed by atoms with Gasteiger partial charge in [0.15, 0.2) is 5.11 Å². The Morgan fingerprint density at radius 1 is 1.05 bits per heavy atom. The normalized spacial score (nSPS) is 11.5. The van der Waals surface area contributed by atoms with Crippen LogP contribution in [0.5, 0.6) is 0 Å². The summed E-state index contributed by atoms with van der Waals surface area (Å²) < 4.78 is 24.9. The second-order valence-electron chi connectivity index (χ2n) is 4.38. The van der Waals surface area contributed by atoms with Gasteiger partial charge in [0.25, 0.3) is 0 Å². The van der Waals surface area contributed by atoms with Crippen molar-refractivity contribution < 1.29 is 8.42 Å². The molecule has 2 aromatic carbocycles. The van der Waals surface area contributed by atoms with Crippen molar-refractivity contribution in [2.75, 3.05) is 5.73 Å². The number of nitrogen functional groups attached to an aromatic ring is 1. The SMILES string of the molecule is NC(=S)N/N=C/c1ccc(S(=O)(=O)c2ccc(N)cc2)cc1. The van der Waals surface area contributed by atoms with Crippen LogP contribution in [-0.2, 0) is 9.84 Å². The average molecular weight is 334 g/mol. The zero-order valence-corrected chi connectivity index (χ0v) is 13.1. The minimum atomic E-state index is -3.56. The van der Waals surface area contributed by atoms with Gasteiger partial charge in [0.05, 0.1) is 16.0 Å². The van der Waals surface area contributed by atoms with Crippen molar-refractivity contribution in [3.05, 3.63) is 54.1 Å². The predicted octanol–water partition coefficient (Wildman–Crippen LogP) is 1.27. The Labute approximate surface area is 133 Å². The number of sulfone groups is 1. The van der Waals surface area contributed by atoms with Gasteiger partial charge in [-0.05, 0) is 54.2 Å². The molecule has 0 fully saturated rings. The second-order valence-corrected chi connectivity index (χ2v) is 6.77. The van der Waals surface area contributed by atoms with Crippen LogP contribution >= 0.6 is 12.2 Å². The van der Waals surface area contributed by atoms with Crippen molar-refractivity contribution in [1.29, 1.82) is 0 Å². The summed E-state index contributed by atoms with van der Waals surface area (Å²) in [7, 11) is -3.56. The van der Waals surface area contributed by atoms with Crippen LogP contribution in [0.1, 0.15) is 5.56 Å². The van der Waals surface area contributed by atoms with Gasteiger partial charge >= 0.3 is 0 Å². The van der Waals surface area contributed by atoms with Crippen LogP contribution in [0.2, 0.25) is 0 Å². The van der Waals surface area contributed by atoms with E-state index in [4.69, 9.17) is 11.5 Å². The summed E-state index contributed by atoms with van der Waals surface area (Å²) in [5.41, 5.74) is 14.4. The Kier molecular flexibility index (Phi) is 4.74. The first kappa shape index (κ1) is 15.9. The van der Waals surface area contributed by atoms with E-state index in [9.17, 15) is 8.42 Å². The van der Waals surface area contributed by atoms with Crippen LogP contribution in [0, 0.1) is 0 Å². The number of thiocarbonyl (C=S) groups is 1. The third-order valence-electron chi connectivity index (χ3n) is 2.77. The Morgan fingerprint density at radius 3 is 2.05 bits per heavy atom. The average Bonchev–Trinajstić information content (AvgIpc) is 2.48. The summed E-state index contributed by atoms with van der Waals surface area (Å²) in [5, 5.41) is 3.85. The van der Waals surface area contributed by atoms with Crippen LogP contribution in [0.25, 0.3) is 0 Å². The van der Waals surface area contributed by atoms with E-state index in [-0.39, 0.29) is 14.9 Å². The summed E-state index contributed by atoms with van der Waals surface area (Å²) in [6, 6.07) is 12.3. The van der Waals surface area contributed by atoms with E-state index < -0.39 is 9.84 Å². The van der Waals surface area contributed by atoms with Gasteiger partial charge < -0.3 is 11.5 Å². The van der Waals surface area contributed by atoms with Crippen molar-refractivity contribution in [2.45, 2.75) is 9.79 Å². The molecule has 5 N–H and O–H groups in total. The second kappa shape index (κ2) is 6.54. The maximum absolute atomic E-state index is 12.4. The lowest BCUT2D eigenvalue weighted by Gasteiger charge is -2.05. The molecule has 0 aromatic heterocycles. The van der Waals surface area contributed by atoms with Crippen molar-refractivity contribution in [2.24, 2.45) is 10.8 Å².